The number of likely N-dealkylation sites (tertiary alicyclic amines) is 1. The Hall–Kier alpha value is -1.02. The van der Waals surface area contributed by atoms with Crippen molar-refractivity contribution < 1.29 is 22.8 Å². The Morgan fingerprint density at radius 2 is 1.88 bits per heavy atom. The fraction of sp³-hybridized carbons (Fsp3) is 0.882. The van der Waals surface area contributed by atoms with Crippen LogP contribution in [0.25, 0.3) is 0 Å². The number of carbonyl (C=O) groups excluding carboxylic acids is 2. The summed E-state index contributed by atoms with van der Waals surface area (Å²) in [6, 6.07) is 0. The molecule has 2 amide bonds. The molecule has 1 aliphatic carbocycles. The van der Waals surface area contributed by atoms with Gasteiger partial charge in [-0.3, -0.25) is 9.59 Å². The van der Waals surface area contributed by atoms with E-state index in [1.54, 1.807) is 11.8 Å². The van der Waals surface area contributed by atoms with Gasteiger partial charge in [-0.05, 0) is 45.1 Å². The minimum Gasteiger partial charge on any atom is -0.342 e. The van der Waals surface area contributed by atoms with E-state index in [9.17, 15) is 22.8 Å². The van der Waals surface area contributed by atoms with Crippen LogP contribution in [0, 0.1) is 17.8 Å². The zero-order chi connectivity index (χ0) is 18.6. The van der Waals surface area contributed by atoms with Gasteiger partial charge in [0.15, 0.2) is 0 Å². The molecule has 0 spiro atoms. The molecule has 1 unspecified atom stereocenters. The van der Waals surface area contributed by atoms with Gasteiger partial charge in [0, 0.05) is 25.6 Å². The van der Waals surface area contributed by atoms with Crippen molar-refractivity contribution in [1.82, 2.24) is 9.80 Å². The van der Waals surface area contributed by atoms with E-state index >= 15 is 0 Å². The molecular weight excluding hydrogens is 371 g/mol. The van der Waals surface area contributed by atoms with Gasteiger partial charge in [-0.1, -0.05) is 6.42 Å². The van der Waals surface area contributed by atoms with E-state index in [0.717, 1.165) is 24.2 Å². The SMILES string of the molecule is CCN(CC(F)(F)F)C(=O)C1CCCN(C(=O)[C@@H]2CCC[C@@H]2CN)C1.Cl. The first-order chi connectivity index (χ1) is 11.8. The summed E-state index contributed by atoms with van der Waals surface area (Å²) in [5.74, 6) is -0.946. The second-order valence-corrected chi connectivity index (χ2v) is 7.12. The fourth-order valence-corrected chi connectivity index (χ4v) is 4.08. The Labute approximate surface area is 158 Å². The number of halogens is 4. The normalized spacial score (nSPS) is 26.3. The molecule has 1 heterocycles. The maximum absolute atomic E-state index is 12.8. The van der Waals surface area contributed by atoms with Crippen LogP contribution >= 0.6 is 12.4 Å². The number of piperidine rings is 1. The summed E-state index contributed by atoms with van der Waals surface area (Å²) >= 11 is 0. The van der Waals surface area contributed by atoms with Gasteiger partial charge in [-0.25, -0.2) is 0 Å². The summed E-state index contributed by atoms with van der Waals surface area (Å²) in [6.07, 6.45) is -0.505. The first-order valence-corrected chi connectivity index (χ1v) is 9.11. The van der Waals surface area contributed by atoms with Crippen molar-refractivity contribution in [3.63, 3.8) is 0 Å². The average molecular weight is 400 g/mol. The second kappa shape index (κ2) is 9.78. The second-order valence-electron chi connectivity index (χ2n) is 7.12. The molecule has 2 rings (SSSR count). The Kier molecular flexibility index (Phi) is 8.66. The van der Waals surface area contributed by atoms with Gasteiger partial charge in [0.1, 0.15) is 6.54 Å². The predicted molar refractivity (Wildman–Crippen MR) is 94.7 cm³/mol. The lowest BCUT2D eigenvalue weighted by Crippen LogP contribution is -2.50. The molecule has 0 aromatic heterocycles. The van der Waals surface area contributed by atoms with Crippen LogP contribution in [-0.4, -0.2) is 60.5 Å². The summed E-state index contributed by atoms with van der Waals surface area (Å²) in [5.41, 5.74) is 5.75. The predicted octanol–water partition coefficient (Wildman–Crippen LogP) is 2.43. The third-order valence-corrected chi connectivity index (χ3v) is 5.42. The van der Waals surface area contributed by atoms with Crippen molar-refractivity contribution in [1.29, 1.82) is 0 Å². The number of hydrogen-bond acceptors (Lipinski definition) is 3. The number of alkyl halides is 3. The van der Waals surface area contributed by atoms with Crippen molar-refractivity contribution in [3.05, 3.63) is 0 Å². The lowest BCUT2D eigenvalue weighted by Gasteiger charge is -2.36. The number of nitrogens with zero attached hydrogens (tertiary/aromatic N) is 2. The minimum atomic E-state index is -4.41. The smallest absolute Gasteiger partial charge is 0.342 e. The van der Waals surface area contributed by atoms with E-state index in [1.165, 1.54) is 0 Å². The minimum absolute atomic E-state index is 0. The molecular formula is C17H29ClF3N3O2. The highest BCUT2D eigenvalue weighted by atomic mass is 35.5. The number of nitrogens with two attached hydrogens (primary N) is 1. The summed E-state index contributed by atoms with van der Waals surface area (Å²) in [7, 11) is 0. The van der Waals surface area contributed by atoms with E-state index < -0.39 is 24.5 Å². The van der Waals surface area contributed by atoms with Crippen LogP contribution in [-0.2, 0) is 9.59 Å². The van der Waals surface area contributed by atoms with Gasteiger partial charge in [-0.2, -0.15) is 13.2 Å². The number of carbonyl (C=O) groups is 2. The molecule has 1 saturated heterocycles. The van der Waals surface area contributed by atoms with Gasteiger partial charge in [0.2, 0.25) is 11.8 Å². The molecule has 152 valence electrons. The number of amides is 2. The van der Waals surface area contributed by atoms with Gasteiger partial charge in [0.25, 0.3) is 0 Å². The molecule has 5 nitrogen and oxygen atoms in total. The fourth-order valence-electron chi connectivity index (χ4n) is 4.08. The Morgan fingerprint density at radius 1 is 1.19 bits per heavy atom. The highest BCUT2D eigenvalue weighted by Gasteiger charge is 2.39. The third kappa shape index (κ3) is 5.74. The number of rotatable bonds is 5. The lowest BCUT2D eigenvalue weighted by molar-refractivity contribution is -0.165. The van der Waals surface area contributed by atoms with Crippen LogP contribution in [0.3, 0.4) is 0 Å². The molecule has 2 fully saturated rings. The standard InChI is InChI=1S/C17H28F3N3O2.ClH/c1-2-22(11-17(18,19)20)15(24)13-6-4-8-23(10-13)16(25)14-7-3-5-12(14)9-21;/h12-14H,2-11,21H2,1H3;1H/t12-,13?,14-;/m1./s1. The monoisotopic (exact) mass is 399 g/mol. The first-order valence-electron chi connectivity index (χ1n) is 9.11. The summed E-state index contributed by atoms with van der Waals surface area (Å²) in [5, 5.41) is 0. The molecule has 0 bridgehead atoms. The highest BCUT2D eigenvalue weighted by molar-refractivity contribution is 5.85. The van der Waals surface area contributed by atoms with Crippen molar-refractivity contribution in [2.75, 3.05) is 32.7 Å². The molecule has 26 heavy (non-hydrogen) atoms. The molecule has 9 heteroatoms. The van der Waals surface area contributed by atoms with E-state index in [0.29, 0.717) is 25.9 Å². The summed E-state index contributed by atoms with van der Waals surface area (Å²) in [6.45, 7) is 1.59. The molecule has 1 saturated carbocycles. The molecule has 2 aliphatic rings. The molecule has 0 radical (unpaired) electrons. The quantitative estimate of drug-likeness (QED) is 0.772. The van der Waals surface area contributed by atoms with Crippen molar-refractivity contribution in [2.45, 2.75) is 45.2 Å². The van der Waals surface area contributed by atoms with Crippen LogP contribution in [0.5, 0.6) is 0 Å². The van der Waals surface area contributed by atoms with Crippen LogP contribution < -0.4 is 5.73 Å². The topological polar surface area (TPSA) is 66.6 Å². The first kappa shape index (κ1) is 23.0. The van der Waals surface area contributed by atoms with Crippen molar-refractivity contribution >= 4 is 24.2 Å². The van der Waals surface area contributed by atoms with E-state index in [-0.39, 0.29) is 43.2 Å². The van der Waals surface area contributed by atoms with E-state index in [4.69, 9.17) is 5.73 Å². The van der Waals surface area contributed by atoms with Gasteiger partial charge in [-0.15, -0.1) is 12.4 Å². The average Bonchev–Trinajstić information content (AvgIpc) is 3.06. The lowest BCUT2D eigenvalue weighted by atomic mass is 9.91. The maximum atomic E-state index is 12.8. The largest absolute Gasteiger partial charge is 0.406 e. The van der Waals surface area contributed by atoms with Gasteiger partial charge >= 0.3 is 6.18 Å². The molecule has 0 aromatic rings. The van der Waals surface area contributed by atoms with Gasteiger partial charge in [0.05, 0.1) is 5.92 Å². The number of hydrogen-bond donors (Lipinski definition) is 1. The van der Waals surface area contributed by atoms with Crippen molar-refractivity contribution in [2.24, 2.45) is 23.5 Å². The molecule has 3 atom stereocenters. The Morgan fingerprint density at radius 3 is 2.46 bits per heavy atom. The molecule has 2 N–H and O–H groups in total. The highest BCUT2D eigenvalue weighted by Crippen LogP contribution is 2.33. The van der Waals surface area contributed by atoms with Crippen LogP contribution in [0.1, 0.15) is 39.0 Å². The molecule has 1 aliphatic heterocycles. The molecule has 0 aromatic carbocycles. The van der Waals surface area contributed by atoms with Crippen LogP contribution in [0.2, 0.25) is 0 Å². The summed E-state index contributed by atoms with van der Waals surface area (Å²) < 4.78 is 37.9. The van der Waals surface area contributed by atoms with E-state index in [1.807, 2.05) is 0 Å². The van der Waals surface area contributed by atoms with Gasteiger partial charge < -0.3 is 15.5 Å². The zero-order valence-corrected chi connectivity index (χ0v) is 16.0. The van der Waals surface area contributed by atoms with E-state index in [2.05, 4.69) is 0 Å². The Balaban J connectivity index is 0.00000338. The summed E-state index contributed by atoms with van der Waals surface area (Å²) in [4.78, 5) is 27.8. The van der Waals surface area contributed by atoms with Crippen molar-refractivity contribution in [3.8, 4) is 0 Å². The zero-order valence-electron chi connectivity index (χ0n) is 15.1. The van der Waals surface area contributed by atoms with Crippen LogP contribution in [0.4, 0.5) is 13.2 Å². The van der Waals surface area contributed by atoms with Crippen LogP contribution in [0.15, 0.2) is 0 Å². The maximum Gasteiger partial charge on any atom is 0.406 e. The third-order valence-electron chi connectivity index (χ3n) is 5.42. The Bertz CT molecular complexity index is 490.